The van der Waals surface area contributed by atoms with E-state index in [9.17, 15) is 0 Å². The zero-order valence-corrected chi connectivity index (χ0v) is 10.7. The molecule has 0 spiro atoms. The molecule has 1 atom stereocenters. The van der Waals surface area contributed by atoms with Gasteiger partial charge in [0.2, 0.25) is 0 Å². The molecule has 1 unspecified atom stereocenters. The van der Waals surface area contributed by atoms with E-state index in [4.69, 9.17) is 0 Å². The Morgan fingerprint density at radius 3 is 3.19 bits per heavy atom. The van der Waals surface area contributed by atoms with Gasteiger partial charge in [0.15, 0.2) is 0 Å². The van der Waals surface area contributed by atoms with Crippen LogP contribution in [-0.4, -0.2) is 22.5 Å². The van der Waals surface area contributed by atoms with Gasteiger partial charge in [0.25, 0.3) is 0 Å². The zero-order chi connectivity index (χ0) is 11.2. The molecule has 0 amide bonds. The summed E-state index contributed by atoms with van der Waals surface area (Å²) in [7, 11) is 0. The van der Waals surface area contributed by atoms with Crippen molar-refractivity contribution in [2.75, 3.05) is 12.3 Å². The van der Waals surface area contributed by atoms with Gasteiger partial charge in [0.05, 0.1) is 0 Å². The van der Waals surface area contributed by atoms with Crippen LogP contribution in [0.15, 0.2) is 18.5 Å². The van der Waals surface area contributed by atoms with Crippen LogP contribution in [0.5, 0.6) is 0 Å². The molecule has 2 heterocycles. The number of rotatable bonds is 4. The molecule has 1 fully saturated rings. The number of aryl methyl sites for hydroxylation is 1. The molecule has 1 aromatic rings. The highest BCUT2D eigenvalue weighted by Gasteiger charge is 2.12. The molecule has 16 heavy (non-hydrogen) atoms. The standard InChI is InChI=1S/C13H20N2S/c1-11-5-6-14-8-12(11)9-15-10-13-4-2-3-7-16-13/h5-6,8,13,15H,2-4,7,9-10H2,1H3. The predicted octanol–water partition coefficient (Wildman–Crippen LogP) is 2.77. The monoisotopic (exact) mass is 236 g/mol. The largest absolute Gasteiger partial charge is 0.312 e. The van der Waals surface area contributed by atoms with Gasteiger partial charge in [-0.05, 0) is 42.7 Å². The summed E-state index contributed by atoms with van der Waals surface area (Å²) in [6.45, 7) is 4.24. The Morgan fingerprint density at radius 2 is 2.44 bits per heavy atom. The number of pyridine rings is 1. The number of nitrogens with one attached hydrogen (secondary N) is 1. The number of nitrogens with zero attached hydrogens (tertiary/aromatic N) is 1. The van der Waals surface area contributed by atoms with Gasteiger partial charge in [-0.3, -0.25) is 4.98 Å². The van der Waals surface area contributed by atoms with Crippen LogP contribution >= 0.6 is 11.8 Å². The molecule has 88 valence electrons. The second kappa shape index (κ2) is 6.26. The maximum Gasteiger partial charge on any atom is 0.0315 e. The lowest BCUT2D eigenvalue weighted by atomic mass is 10.1. The van der Waals surface area contributed by atoms with Gasteiger partial charge in [0.1, 0.15) is 0 Å². The van der Waals surface area contributed by atoms with Crippen molar-refractivity contribution >= 4 is 11.8 Å². The van der Waals surface area contributed by atoms with E-state index in [2.05, 4.69) is 35.1 Å². The average Bonchev–Trinajstić information content (AvgIpc) is 2.33. The average molecular weight is 236 g/mol. The van der Waals surface area contributed by atoms with E-state index < -0.39 is 0 Å². The van der Waals surface area contributed by atoms with Gasteiger partial charge < -0.3 is 5.32 Å². The van der Waals surface area contributed by atoms with E-state index in [1.165, 1.54) is 36.1 Å². The third kappa shape index (κ3) is 3.49. The molecule has 2 nitrogen and oxygen atoms in total. The van der Waals surface area contributed by atoms with Crippen molar-refractivity contribution in [3.05, 3.63) is 29.6 Å². The molecule has 1 aliphatic heterocycles. The van der Waals surface area contributed by atoms with Crippen LogP contribution in [0.4, 0.5) is 0 Å². The molecule has 1 aromatic heterocycles. The maximum absolute atomic E-state index is 4.17. The van der Waals surface area contributed by atoms with E-state index in [0.29, 0.717) is 0 Å². The van der Waals surface area contributed by atoms with E-state index in [1.807, 2.05) is 12.4 Å². The number of thioether (sulfide) groups is 1. The van der Waals surface area contributed by atoms with Crippen molar-refractivity contribution in [3.63, 3.8) is 0 Å². The smallest absolute Gasteiger partial charge is 0.0315 e. The first kappa shape index (κ1) is 11.9. The molecule has 0 saturated carbocycles. The Kier molecular flexibility index (Phi) is 4.67. The summed E-state index contributed by atoms with van der Waals surface area (Å²) in [6, 6.07) is 2.08. The summed E-state index contributed by atoms with van der Waals surface area (Å²) in [5, 5.41) is 4.38. The molecule has 1 aliphatic rings. The van der Waals surface area contributed by atoms with Crippen molar-refractivity contribution in [1.29, 1.82) is 0 Å². The first-order valence-corrected chi connectivity index (χ1v) is 7.13. The maximum atomic E-state index is 4.17. The number of aromatic nitrogens is 1. The normalized spacial score (nSPS) is 20.9. The van der Waals surface area contributed by atoms with Crippen LogP contribution < -0.4 is 5.32 Å². The Morgan fingerprint density at radius 1 is 1.50 bits per heavy atom. The van der Waals surface area contributed by atoms with E-state index in [0.717, 1.165) is 18.3 Å². The molecule has 0 aromatic carbocycles. The molecular formula is C13H20N2S. The fourth-order valence-electron chi connectivity index (χ4n) is 2.02. The Hall–Kier alpha value is -0.540. The third-order valence-electron chi connectivity index (χ3n) is 3.11. The SMILES string of the molecule is Cc1ccncc1CNCC1CCCCS1. The fraction of sp³-hybridized carbons (Fsp3) is 0.615. The summed E-state index contributed by atoms with van der Waals surface area (Å²) in [6.07, 6.45) is 8.02. The molecule has 0 bridgehead atoms. The summed E-state index contributed by atoms with van der Waals surface area (Å²) < 4.78 is 0. The number of hydrogen-bond acceptors (Lipinski definition) is 3. The van der Waals surface area contributed by atoms with Crippen molar-refractivity contribution in [2.24, 2.45) is 0 Å². The highest BCUT2D eigenvalue weighted by atomic mass is 32.2. The Labute approximate surface area is 102 Å². The van der Waals surface area contributed by atoms with Crippen molar-refractivity contribution in [3.8, 4) is 0 Å². The minimum atomic E-state index is 0.825. The van der Waals surface area contributed by atoms with Crippen LogP contribution in [0.25, 0.3) is 0 Å². The lowest BCUT2D eigenvalue weighted by Gasteiger charge is -2.21. The van der Waals surface area contributed by atoms with Crippen LogP contribution in [0.1, 0.15) is 30.4 Å². The number of hydrogen-bond donors (Lipinski definition) is 1. The first-order chi connectivity index (χ1) is 7.86. The van der Waals surface area contributed by atoms with Gasteiger partial charge in [-0.2, -0.15) is 11.8 Å². The Bertz CT molecular complexity index is 321. The Balaban J connectivity index is 1.73. The van der Waals surface area contributed by atoms with Crippen molar-refractivity contribution in [2.45, 2.75) is 38.0 Å². The van der Waals surface area contributed by atoms with Gasteiger partial charge in [0, 0.05) is 30.7 Å². The lowest BCUT2D eigenvalue weighted by Crippen LogP contribution is -2.26. The quantitative estimate of drug-likeness (QED) is 0.870. The first-order valence-electron chi connectivity index (χ1n) is 6.08. The van der Waals surface area contributed by atoms with E-state index in [1.54, 1.807) is 0 Å². The highest BCUT2D eigenvalue weighted by molar-refractivity contribution is 7.99. The second-order valence-electron chi connectivity index (χ2n) is 4.42. The predicted molar refractivity (Wildman–Crippen MR) is 70.8 cm³/mol. The molecule has 0 radical (unpaired) electrons. The highest BCUT2D eigenvalue weighted by Crippen LogP contribution is 2.24. The van der Waals surface area contributed by atoms with Gasteiger partial charge in [-0.15, -0.1) is 0 Å². The topological polar surface area (TPSA) is 24.9 Å². The van der Waals surface area contributed by atoms with Crippen molar-refractivity contribution < 1.29 is 0 Å². The van der Waals surface area contributed by atoms with Crippen LogP contribution in [0.2, 0.25) is 0 Å². The molecule has 1 saturated heterocycles. The van der Waals surface area contributed by atoms with Crippen LogP contribution in [0.3, 0.4) is 0 Å². The lowest BCUT2D eigenvalue weighted by molar-refractivity contribution is 0.596. The summed E-state index contributed by atoms with van der Waals surface area (Å²) in [5.74, 6) is 1.35. The van der Waals surface area contributed by atoms with E-state index >= 15 is 0 Å². The third-order valence-corrected chi connectivity index (χ3v) is 4.51. The minimum Gasteiger partial charge on any atom is -0.312 e. The molecule has 0 aliphatic carbocycles. The van der Waals surface area contributed by atoms with Crippen LogP contribution in [0, 0.1) is 6.92 Å². The van der Waals surface area contributed by atoms with Crippen molar-refractivity contribution in [1.82, 2.24) is 10.3 Å². The molecule has 3 heteroatoms. The second-order valence-corrected chi connectivity index (χ2v) is 5.83. The fourth-order valence-corrected chi connectivity index (χ4v) is 3.29. The van der Waals surface area contributed by atoms with Gasteiger partial charge in [-0.25, -0.2) is 0 Å². The molecular weight excluding hydrogens is 216 g/mol. The van der Waals surface area contributed by atoms with Gasteiger partial charge >= 0.3 is 0 Å². The summed E-state index contributed by atoms with van der Waals surface area (Å²) >= 11 is 2.12. The summed E-state index contributed by atoms with van der Waals surface area (Å²) in [5.41, 5.74) is 2.65. The molecule has 1 N–H and O–H groups in total. The van der Waals surface area contributed by atoms with E-state index in [-0.39, 0.29) is 0 Å². The van der Waals surface area contributed by atoms with Crippen LogP contribution in [-0.2, 0) is 6.54 Å². The minimum absolute atomic E-state index is 0.825. The zero-order valence-electron chi connectivity index (χ0n) is 9.91. The summed E-state index contributed by atoms with van der Waals surface area (Å²) in [4.78, 5) is 4.17. The van der Waals surface area contributed by atoms with Gasteiger partial charge in [-0.1, -0.05) is 6.42 Å². The molecule has 2 rings (SSSR count).